The minimum atomic E-state index is -0.862. The van der Waals surface area contributed by atoms with Crippen molar-refractivity contribution in [2.75, 3.05) is 0 Å². The fourth-order valence-electron chi connectivity index (χ4n) is 3.09. The van der Waals surface area contributed by atoms with Crippen molar-refractivity contribution in [1.29, 1.82) is 0 Å². The van der Waals surface area contributed by atoms with Crippen LogP contribution < -0.4 is 5.32 Å². The standard InChI is InChI=1S/C22H32N4O3/c1-14(2)26-19(11-12-23-26)25-15(3)13-18(16(25)4)9-10-20(27)29-17(5)21(28)24-22(6,7)8/h9-14,17H,1-8H3,(H,24,28)/b10-9+/t17-/m0/s1. The number of hydrogen-bond donors (Lipinski definition) is 1. The third-order valence-electron chi connectivity index (χ3n) is 4.40. The van der Waals surface area contributed by atoms with Crippen LogP contribution in [0.2, 0.25) is 0 Å². The summed E-state index contributed by atoms with van der Waals surface area (Å²) in [5, 5.41) is 7.19. The molecule has 7 nitrogen and oxygen atoms in total. The Labute approximate surface area is 172 Å². The van der Waals surface area contributed by atoms with Crippen LogP contribution in [0.15, 0.2) is 24.4 Å². The van der Waals surface area contributed by atoms with Crippen molar-refractivity contribution >= 4 is 18.0 Å². The maximum absolute atomic E-state index is 12.2. The van der Waals surface area contributed by atoms with E-state index in [1.807, 2.05) is 51.4 Å². The molecule has 0 aromatic carbocycles. The lowest BCUT2D eigenvalue weighted by Gasteiger charge is -2.22. The van der Waals surface area contributed by atoms with Gasteiger partial charge < -0.3 is 14.6 Å². The summed E-state index contributed by atoms with van der Waals surface area (Å²) in [7, 11) is 0. The molecule has 0 bridgehead atoms. The fourth-order valence-corrected chi connectivity index (χ4v) is 3.09. The van der Waals surface area contributed by atoms with Crippen LogP contribution in [0.4, 0.5) is 0 Å². The van der Waals surface area contributed by atoms with Gasteiger partial charge in [0.05, 0.1) is 6.20 Å². The second-order valence-corrected chi connectivity index (χ2v) is 8.54. The molecule has 2 heterocycles. The zero-order valence-corrected chi connectivity index (χ0v) is 18.6. The van der Waals surface area contributed by atoms with Crippen LogP contribution in [0.5, 0.6) is 0 Å². The third-order valence-corrected chi connectivity index (χ3v) is 4.40. The Morgan fingerprint density at radius 2 is 1.86 bits per heavy atom. The number of aromatic nitrogens is 3. The van der Waals surface area contributed by atoms with Gasteiger partial charge in [-0.25, -0.2) is 9.48 Å². The van der Waals surface area contributed by atoms with Crippen LogP contribution in [0, 0.1) is 13.8 Å². The largest absolute Gasteiger partial charge is 0.449 e. The zero-order valence-electron chi connectivity index (χ0n) is 18.6. The van der Waals surface area contributed by atoms with Crippen molar-refractivity contribution in [2.24, 2.45) is 0 Å². The number of carbonyl (C=O) groups excluding carboxylic acids is 2. The van der Waals surface area contributed by atoms with E-state index < -0.39 is 12.1 Å². The van der Waals surface area contributed by atoms with Crippen LogP contribution >= 0.6 is 0 Å². The monoisotopic (exact) mass is 400 g/mol. The summed E-state index contributed by atoms with van der Waals surface area (Å²) in [5.41, 5.74) is 2.55. The molecule has 0 radical (unpaired) electrons. The number of esters is 1. The number of amides is 1. The summed E-state index contributed by atoms with van der Waals surface area (Å²) in [4.78, 5) is 24.2. The Kier molecular flexibility index (Phi) is 6.72. The van der Waals surface area contributed by atoms with Crippen molar-refractivity contribution in [3.05, 3.63) is 41.4 Å². The predicted octanol–water partition coefficient (Wildman–Crippen LogP) is 3.73. The maximum atomic E-state index is 12.2. The topological polar surface area (TPSA) is 78.2 Å². The molecule has 0 fully saturated rings. The van der Waals surface area contributed by atoms with Gasteiger partial charge in [0.2, 0.25) is 0 Å². The van der Waals surface area contributed by atoms with Gasteiger partial charge in [-0.2, -0.15) is 5.10 Å². The first kappa shape index (κ1) is 22.5. The molecule has 2 aromatic rings. The highest BCUT2D eigenvalue weighted by molar-refractivity contribution is 5.90. The summed E-state index contributed by atoms with van der Waals surface area (Å²) < 4.78 is 9.28. The van der Waals surface area contributed by atoms with E-state index in [2.05, 4.69) is 28.8 Å². The molecule has 158 valence electrons. The molecule has 0 aliphatic heterocycles. The van der Waals surface area contributed by atoms with Crippen LogP contribution in [0.1, 0.15) is 64.5 Å². The number of ether oxygens (including phenoxy) is 1. The average molecular weight is 401 g/mol. The molecule has 0 spiro atoms. The molecule has 29 heavy (non-hydrogen) atoms. The van der Waals surface area contributed by atoms with Crippen molar-refractivity contribution < 1.29 is 14.3 Å². The molecule has 7 heteroatoms. The minimum absolute atomic E-state index is 0.232. The van der Waals surface area contributed by atoms with Gasteiger partial charge in [-0.05, 0) is 73.1 Å². The highest BCUT2D eigenvalue weighted by Crippen LogP contribution is 2.23. The quantitative estimate of drug-likeness (QED) is 0.592. The molecular weight excluding hydrogens is 368 g/mol. The van der Waals surface area contributed by atoms with E-state index in [-0.39, 0.29) is 17.5 Å². The summed E-state index contributed by atoms with van der Waals surface area (Å²) in [5.74, 6) is 0.0997. The molecule has 0 saturated heterocycles. The van der Waals surface area contributed by atoms with E-state index in [0.717, 1.165) is 22.8 Å². The van der Waals surface area contributed by atoms with E-state index in [9.17, 15) is 9.59 Å². The van der Waals surface area contributed by atoms with E-state index in [1.54, 1.807) is 19.2 Å². The van der Waals surface area contributed by atoms with Gasteiger partial charge >= 0.3 is 5.97 Å². The Balaban J connectivity index is 2.15. The van der Waals surface area contributed by atoms with E-state index in [4.69, 9.17) is 4.74 Å². The number of hydrogen-bond acceptors (Lipinski definition) is 4. The van der Waals surface area contributed by atoms with Crippen molar-refractivity contribution in [3.63, 3.8) is 0 Å². The second-order valence-electron chi connectivity index (χ2n) is 8.54. The lowest BCUT2D eigenvalue weighted by atomic mass is 10.1. The summed E-state index contributed by atoms with van der Waals surface area (Å²) in [6.07, 6.45) is 3.99. The molecule has 0 aliphatic rings. The normalized spacial score (nSPS) is 13.1. The lowest BCUT2D eigenvalue weighted by molar-refractivity contribution is -0.150. The van der Waals surface area contributed by atoms with Gasteiger partial charge in [-0.1, -0.05) is 0 Å². The van der Waals surface area contributed by atoms with Gasteiger partial charge in [-0.3, -0.25) is 4.79 Å². The van der Waals surface area contributed by atoms with Gasteiger partial charge in [0.25, 0.3) is 5.91 Å². The summed E-state index contributed by atoms with van der Waals surface area (Å²) >= 11 is 0. The fraction of sp³-hybridized carbons (Fsp3) is 0.500. The number of aryl methyl sites for hydroxylation is 1. The van der Waals surface area contributed by atoms with Crippen molar-refractivity contribution in [3.8, 4) is 5.82 Å². The molecule has 0 saturated carbocycles. The molecule has 0 aliphatic carbocycles. The second kappa shape index (κ2) is 8.68. The van der Waals surface area contributed by atoms with Gasteiger partial charge in [0, 0.05) is 35.1 Å². The number of carbonyl (C=O) groups is 2. The third kappa shape index (κ3) is 5.59. The average Bonchev–Trinajstić information content (AvgIpc) is 3.15. The van der Waals surface area contributed by atoms with Crippen LogP contribution in [0.3, 0.4) is 0 Å². The van der Waals surface area contributed by atoms with Crippen molar-refractivity contribution in [1.82, 2.24) is 19.7 Å². The molecule has 0 unspecified atom stereocenters. The highest BCUT2D eigenvalue weighted by Gasteiger charge is 2.21. The van der Waals surface area contributed by atoms with E-state index in [0.29, 0.717) is 0 Å². The smallest absolute Gasteiger partial charge is 0.331 e. The molecule has 1 atom stereocenters. The van der Waals surface area contributed by atoms with Crippen LogP contribution in [-0.2, 0) is 14.3 Å². The highest BCUT2D eigenvalue weighted by atomic mass is 16.5. The number of nitrogens with zero attached hydrogens (tertiary/aromatic N) is 3. The van der Waals surface area contributed by atoms with Crippen molar-refractivity contribution in [2.45, 2.75) is 73.1 Å². The van der Waals surface area contributed by atoms with Gasteiger partial charge in [-0.15, -0.1) is 0 Å². The number of nitrogens with one attached hydrogen (secondary N) is 1. The Bertz CT molecular complexity index is 913. The van der Waals surface area contributed by atoms with E-state index >= 15 is 0 Å². The first-order valence-corrected chi connectivity index (χ1v) is 9.84. The minimum Gasteiger partial charge on any atom is -0.449 e. The molecule has 1 amide bonds. The Morgan fingerprint density at radius 1 is 1.21 bits per heavy atom. The number of rotatable bonds is 6. The lowest BCUT2D eigenvalue weighted by Crippen LogP contribution is -2.46. The van der Waals surface area contributed by atoms with Gasteiger partial charge in [0.15, 0.2) is 6.10 Å². The zero-order chi connectivity index (χ0) is 21.9. The summed E-state index contributed by atoms with van der Waals surface area (Å²) in [6.45, 7) is 15.4. The molecule has 1 N–H and O–H groups in total. The van der Waals surface area contributed by atoms with Gasteiger partial charge in [0.1, 0.15) is 5.82 Å². The first-order chi connectivity index (χ1) is 13.4. The Hall–Kier alpha value is -2.83. The maximum Gasteiger partial charge on any atom is 0.331 e. The van der Waals surface area contributed by atoms with E-state index in [1.165, 1.54) is 6.08 Å². The molecule has 2 aromatic heterocycles. The molecule has 2 rings (SSSR count). The van der Waals surface area contributed by atoms with Crippen LogP contribution in [-0.4, -0.2) is 37.9 Å². The molecular formula is C22H32N4O3. The Morgan fingerprint density at radius 3 is 2.45 bits per heavy atom. The SMILES string of the molecule is Cc1cc(/C=C/C(=O)O[C@@H](C)C(=O)NC(C)(C)C)c(C)n1-c1ccnn1C(C)C. The predicted molar refractivity (Wildman–Crippen MR) is 114 cm³/mol. The first-order valence-electron chi connectivity index (χ1n) is 9.84. The summed E-state index contributed by atoms with van der Waals surface area (Å²) in [6, 6.07) is 4.21. The van der Waals surface area contributed by atoms with Crippen LogP contribution in [0.25, 0.3) is 11.9 Å².